The summed E-state index contributed by atoms with van der Waals surface area (Å²) in [6.45, 7) is 3.60. The molecule has 0 spiro atoms. The van der Waals surface area contributed by atoms with Gasteiger partial charge in [0, 0.05) is 42.9 Å². The van der Waals surface area contributed by atoms with Crippen molar-refractivity contribution in [2.24, 2.45) is 0 Å². The van der Waals surface area contributed by atoms with Crippen LogP contribution in [0.4, 0.5) is 10.1 Å². The van der Waals surface area contributed by atoms with E-state index in [0.717, 1.165) is 59.2 Å². The number of thiazole rings is 1. The van der Waals surface area contributed by atoms with E-state index in [9.17, 15) is 9.18 Å². The highest BCUT2D eigenvalue weighted by Gasteiger charge is 2.41. The lowest BCUT2D eigenvalue weighted by molar-refractivity contribution is -0.129. The third-order valence-corrected chi connectivity index (χ3v) is 7.47. The van der Waals surface area contributed by atoms with Crippen molar-refractivity contribution < 1.29 is 9.18 Å². The number of carbonyl (C=O) groups excluding carboxylic acids is 1. The Morgan fingerprint density at radius 3 is 2.84 bits per heavy atom. The van der Waals surface area contributed by atoms with Gasteiger partial charge in [0.2, 0.25) is 5.91 Å². The Morgan fingerprint density at radius 1 is 1.29 bits per heavy atom. The van der Waals surface area contributed by atoms with Crippen molar-refractivity contribution in [3.05, 3.63) is 58.7 Å². The fourth-order valence-corrected chi connectivity index (χ4v) is 5.45. The van der Waals surface area contributed by atoms with E-state index in [1.165, 1.54) is 6.07 Å². The second kappa shape index (κ2) is 8.00. The SMILES string of the molecule is CC(=O)N1CCc2nc(-c3ccc(NCC4(c5ncccc5F)CCC4)cn3)sc2C1. The Hall–Kier alpha value is -2.87. The molecule has 1 saturated carbocycles. The molecule has 3 aromatic rings. The number of pyridine rings is 2. The molecule has 0 aromatic carbocycles. The molecule has 1 fully saturated rings. The third kappa shape index (κ3) is 3.80. The summed E-state index contributed by atoms with van der Waals surface area (Å²) in [7, 11) is 0. The third-order valence-electron chi connectivity index (χ3n) is 6.36. The van der Waals surface area contributed by atoms with E-state index in [1.54, 1.807) is 36.7 Å². The summed E-state index contributed by atoms with van der Waals surface area (Å²) in [5, 5.41) is 4.31. The second-order valence-corrected chi connectivity index (χ2v) is 9.42. The first-order valence-corrected chi connectivity index (χ1v) is 11.4. The lowest BCUT2D eigenvalue weighted by Gasteiger charge is -2.41. The van der Waals surface area contributed by atoms with E-state index in [4.69, 9.17) is 4.98 Å². The fourth-order valence-electron chi connectivity index (χ4n) is 4.35. The lowest BCUT2D eigenvalue weighted by Crippen LogP contribution is -2.42. The van der Waals surface area contributed by atoms with Crippen molar-refractivity contribution in [2.45, 2.75) is 44.6 Å². The maximum atomic E-state index is 14.3. The lowest BCUT2D eigenvalue weighted by atomic mass is 9.66. The van der Waals surface area contributed by atoms with Gasteiger partial charge in [-0.15, -0.1) is 11.3 Å². The highest BCUT2D eigenvalue weighted by Crippen LogP contribution is 2.43. The standard InChI is InChI=1S/C23H24FN5OS/c1-15(30)29-11-7-18-20(13-29)31-22(28-18)19-6-5-16(12-26-19)27-14-23(8-3-9-23)21-17(24)4-2-10-25-21/h2,4-6,10,12,27H,3,7-9,11,13-14H2,1H3. The fraction of sp³-hybridized carbons (Fsp3) is 0.391. The highest BCUT2D eigenvalue weighted by molar-refractivity contribution is 7.15. The van der Waals surface area contributed by atoms with Gasteiger partial charge in [-0.25, -0.2) is 9.37 Å². The van der Waals surface area contributed by atoms with Crippen molar-refractivity contribution in [1.82, 2.24) is 19.9 Å². The van der Waals surface area contributed by atoms with Crippen LogP contribution < -0.4 is 5.32 Å². The molecule has 0 unspecified atom stereocenters. The molecule has 6 nitrogen and oxygen atoms in total. The molecular weight excluding hydrogens is 413 g/mol. The van der Waals surface area contributed by atoms with Crippen LogP contribution in [0.2, 0.25) is 0 Å². The van der Waals surface area contributed by atoms with E-state index in [0.29, 0.717) is 18.8 Å². The quantitative estimate of drug-likeness (QED) is 0.649. The molecule has 0 saturated heterocycles. The summed E-state index contributed by atoms with van der Waals surface area (Å²) in [5.74, 6) is -0.127. The van der Waals surface area contributed by atoms with Gasteiger partial charge < -0.3 is 10.2 Å². The normalized spacial score (nSPS) is 17.0. The van der Waals surface area contributed by atoms with Crippen LogP contribution in [-0.2, 0) is 23.2 Å². The Balaban J connectivity index is 1.28. The van der Waals surface area contributed by atoms with Crippen molar-refractivity contribution in [2.75, 3.05) is 18.4 Å². The number of anilines is 1. The molecule has 8 heteroatoms. The van der Waals surface area contributed by atoms with Crippen molar-refractivity contribution in [3.8, 4) is 10.7 Å². The number of halogens is 1. The number of amides is 1. The minimum atomic E-state index is -0.249. The molecule has 1 aliphatic heterocycles. The second-order valence-electron chi connectivity index (χ2n) is 8.33. The molecule has 3 aromatic heterocycles. The van der Waals surface area contributed by atoms with Crippen LogP contribution in [0, 0.1) is 5.82 Å². The van der Waals surface area contributed by atoms with Gasteiger partial charge in [0.15, 0.2) is 0 Å². The monoisotopic (exact) mass is 437 g/mol. The van der Waals surface area contributed by atoms with Gasteiger partial charge in [0.25, 0.3) is 0 Å². The Labute approximate surface area is 184 Å². The smallest absolute Gasteiger partial charge is 0.219 e. The first kappa shape index (κ1) is 20.1. The topological polar surface area (TPSA) is 71.0 Å². The van der Waals surface area contributed by atoms with Gasteiger partial charge in [-0.2, -0.15) is 0 Å². The van der Waals surface area contributed by atoms with Gasteiger partial charge in [0.1, 0.15) is 10.8 Å². The van der Waals surface area contributed by atoms with E-state index in [-0.39, 0.29) is 17.1 Å². The Kier molecular flexibility index (Phi) is 5.17. The van der Waals surface area contributed by atoms with Gasteiger partial charge >= 0.3 is 0 Å². The van der Waals surface area contributed by atoms with Gasteiger partial charge in [-0.1, -0.05) is 6.42 Å². The molecule has 2 aliphatic rings. The largest absolute Gasteiger partial charge is 0.383 e. The molecule has 5 rings (SSSR count). The average molecular weight is 438 g/mol. The number of hydrogen-bond acceptors (Lipinski definition) is 6. The minimum Gasteiger partial charge on any atom is -0.383 e. The van der Waals surface area contributed by atoms with Crippen LogP contribution in [0.3, 0.4) is 0 Å². The molecular formula is C23H24FN5OS. The van der Waals surface area contributed by atoms with E-state index >= 15 is 0 Å². The first-order valence-electron chi connectivity index (χ1n) is 10.6. The molecule has 160 valence electrons. The zero-order chi connectivity index (χ0) is 21.4. The molecule has 1 amide bonds. The predicted molar refractivity (Wildman–Crippen MR) is 118 cm³/mol. The van der Waals surface area contributed by atoms with Crippen LogP contribution in [-0.4, -0.2) is 38.8 Å². The maximum Gasteiger partial charge on any atom is 0.219 e. The summed E-state index contributed by atoms with van der Waals surface area (Å²) in [4.78, 5) is 28.3. The van der Waals surface area contributed by atoms with Gasteiger partial charge in [-0.3, -0.25) is 14.8 Å². The molecule has 0 radical (unpaired) electrons. The van der Waals surface area contributed by atoms with Crippen molar-refractivity contribution >= 4 is 22.9 Å². The highest BCUT2D eigenvalue weighted by atomic mass is 32.1. The van der Waals surface area contributed by atoms with Gasteiger partial charge in [-0.05, 0) is 37.1 Å². The number of fused-ring (bicyclic) bond motifs is 1. The van der Waals surface area contributed by atoms with Crippen LogP contribution in [0.1, 0.15) is 42.5 Å². The molecule has 4 heterocycles. The number of hydrogen-bond donors (Lipinski definition) is 1. The summed E-state index contributed by atoms with van der Waals surface area (Å²) < 4.78 is 14.3. The van der Waals surface area contributed by atoms with E-state index in [2.05, 4.69) is 15.3 Å². The van der Waals surface area contributed by atoms with E-state index < -0.39 is 0 Å². The van der Waals surface area contributed by atoms with Crippen LogP contribution in [0.15, 0.2) is 36.7 Å². The molecule has 0 atom stereocenters. The molecule has 1 N–H and O–H groups in total. The Bertz CT molecular complexity index is 1110. The molecule has 1 aliphatic carbocycles. The summed E-state index contributed by atoms with van der Waals surface area (Å²) in [5.41, 5.74) is 3.11. The Morgan fingerprint density at radius 2 is 2.16 bits per heavy atom. The number of aromatic nitrogens is 3. The van der Waals surface area contributed by atoms with Crippen LogP contribution in [0.5, 0.6) is 0 Å². The summed E-state index contributed by atoms with van der Waals surface area (Å²) in [6.07, 6.45) is 7.21. The molecule has 0 bridgehead atoms. The predicted octanol–water partition coefficient (Wildman–Crippen LogP) is 4.18. The van der Waals surface area contributed by atoms with Crippen molar-refractivity contribution in [1.29, 1.82) is 0 Å². The number of nitrogens with zero attached hydrogens (tertiary/aromatic N) is 4. The molecule has 31 heavy (non-hydrogen) atoms. The van der Waals surface area contributed by atoms with Crippen LogP contribution >= 0.6 is 11.3 Å². The maximum absolute atomic E-state index is 14.3. The van der Waals surface area contributed by atoms with Gasteiger partial charge in [0.05, 0.1) is 35.5 Å². The number of nitrogens with one attached hydrogen (secondary N) is 1. The zero-order valence-corrected chi connectivity index (χ0v) is 18.2. The van der Waals surface area contributed by atoms with Crippen molar-refractivity contribution in [3.63, 3.8) is 0 Å². The average Bonchev–Trinajstić information content (AvgIpc) is 3.18. The number of rotatable bonds is 5. The zero-order valence-electron chi connectivity index (χ0n) is 17.4. The van der Waals surface area contributed by atoms with E-state index in [1.807, 2.05) is 17.0 Å². The minimum absolute atomic E-state index is 0.101. The van der Waals surface area contributed by atoms with Crippen LogP contribution in [0.25, 0.3) is 10.7 Å². The summed E-state index contributed by atoms with van der Waals surface area (Å²) >= 11 is 1.61. The summed E-state index contributed by atoms with van der Waals surface area (Å²) in [6, 6.07) is 7.08. The number of carbonyl (C=O) groups is 1. The first-order chi connectivity index (χ1) is 15.0.